The second kappa shape index (κ2) is 7.51. The van der Waals surface area contributed by atoms with Crippen LogP contribution in [0.5, 0.6) is 0 Å². The van der Waals surface area contributed by atoms with E-state index >= 15 is 0 Å². The summed E-state index contributed by atoms with van der Waals surface area (Å²) in [6, 6.07) is 8.45. The number of halogens is 1. The normalized spacial score (nSPS) is 16.4. The first-order valence-corrected chi connectivity index (χ1v) is 9.66. The largest absolute Gasteiger partial charge is 0.349 e. The van der Waals surface area contributed by atoms with Gasteiger partial charge in [-0.25, -0.2) is 9.37 Å². The van der Waals surface area contributed by atoms with Crippen LogP contribution in [0.3, 0.4) is 0 Å². The molecule has 4 rings (SSSR count). The summed E-state index contributed by atoms with van der Waals surface area (Å²) >= 11 is 0. The molecule has 1 saturated carbocycles. The highest BCUT2D eigenvalue weighted by Crippen LogP contribution is 2.28. The first-order chi connectivity index (χ1) is 13.1. The van der Waals surface area contributed by atoms with Gasteiger partial charge in [-0.3, -0.25) is 4.79 Å². The van der Waals surface area contributed by atoms with Crippen LogP contribution < -0.4 is 5.32 Å². The van der Waals surface area contributed by atoms with Crippen molar-refractivity contribution >= 4 is 16.9 Å². The van der Waals surface area contributed by atoms with Crippen LogP contribution in [0.4, 0.5) is 4.39 Å². The fraction of sp³-hybridized carbons (Fsp3) is 0.364. The van der Waals surface area contributed by atoms with E-state index in [1.165, 1.54) is 44.2 Å². The molecule has 2 heterocycles. The fourth-order valence-electron chi connectivity index (χ4n) is 4.05. The fourth-order valence-corrected chi connectivity index (χ4v) is 4.05. The van der Waals surface area contributed by atoms with Gasteiger partial charge >= 0.3 is 0 Å². The molecule has 140 valence electrons. The second-order valence-electron chi connectivity index (χ2n) is 7.49. The summed E-state index contributed by atoms with van der Waals surface area (Å²) in [6.45, 7) is 2.10. The number of hydrogen-bond donors (Lipinski definition) is 2. The molecule has 0 bridgehead atoms. The Morgan fingerprint density at radius 3 is 2.81 bits per heavy atom. The van der Waals surface area contributed by atoms with Crippen molar-refractivity contribution in [3.8, 4) is 11.1 Å². The Bertz CT molecular complexity index is 959. The zero-order valence-electron chi connectivity index (χ0n) is 15.5. The summed E-state index contributed by atoms with van der Waals surface area (Å²) in [7, 11) is 0. The van der Waals surface area contributed by atoms with E-state index in [9.17, 15) is 9.18 Å². The Morgan fingerprint density at radius 1 is 1.22 bits per heavy atom. The van der Waals surface area contributed by atoms with Crippen molar-refractivity contribution in [3.63, 3.8) is 0 Å². The molecule has 1 fully saturated rings. The molecule has 0 unspecified atom stereocenters. The summed E-state index contributed by atoms with van der Waals surface area (Å²) in [5.41, 5.74) is 2.77. The van der Waals surface area contributed by atoms with Crippen LogP contribution in [0, 0.1) is 11.7 Å². The lowest BCUT2D eigenvalue weighted by atomic mass is 9.84. The highest BCUT2D eigenvalue weighted by Gasteiger charge is 2.23. The second-order valence-corrected chi connectivity index (χ2v) is 7.49. The van der Waals surface area contributed by atoms with Crippen LogP contribution in [-0.2, 0) is 0 Å². The Kier molecular flexibility index (Phi) is 4.92. The topological polar surface area (TPSA) is 57.8 Å². The maximum atomic E-state index is 13.5. The molecule has 4 nitrogen and oxygen atoms in total. The molecule has 27 heavy (non-hydrogen) atoms. The molecule has 1 aromatic carbocycles. The van der Waals surface area contributed by atoms with Crippen LogP contribution in [-0.4, -0.2) is 21.9 Å². The minimum atomic E-state index is -0.291. The summed E-state index contributed by atoms with van der Waals surface area (Å²) in [5, 5.41) is 3.92. The number of pyridine rings is 1. The minimum absolute atomic E-state index is 0.0856. The van der Waals surface area contributed by atoms with Crippen molar-refractivity contribution in [2.75, 3.05) is 0 Å². The number of nitrogens with zero attached hydrogens (tertiary/aromatic N) is 1. The van der Waals surface area contributed by atoms with Gasteiger partial charge in [-0.2, -0.15) is 0 Å². The van der Waals surface area contributed by atoms with Crippen LogP contribution in [0.25, 0.3) is 22.2 Å². The molecule has 1 aliphatic carbocycles. The molecule has 1 atom stereocenters. The molecule has 0 radical (unpaired) electrons. The first kappa shape index (κ1) is 17.7. The number of amides is 1. The summed E-state index contributed by atoms with van der Waals surface area (Å²) < 4.78 is 13.5. The van der Waals surface area contributed by atoms with Gasteiger partial charge in [-0.1, -0.05) is 31.4 Å². The predicted molar refractivity (Wildman–Crippen MR) is 105 cm³/mol. The smallest absolute Gasteiger partial charge is 0.253 e. The Hall–Kier alpha value is -2.69. The third-order valence-electron chi connectivity index (χ3n) is 5.65. The van der Waals surface area contributed by atoms with E-state index in [2.05, 4.69) is 22.2 Å². The minimum Gasteiger partial charge on any atom is -0.349 e. The molecular formula is C22H24FN3O. The Balaban J connectivity index is 1.59. The number of nitrogens with one attached hydrogen (secondary N) is 2. The van der Waals surface area contributed by atoms with Gasteiger partial charge in [0.1, 0.15) is 11.5 Å². The quantitative estimate of drug-likeness (QED) is 0.678. The molecule has 2 aromatic heterocycles. The van der Waals surface area contributed by atoms with E-state index in [0.29, 0.717) is 17.1 Å². The van der Waals surface area contributed by atoms with E-state index in [4.69, 9.17) is 0 Å². The van der Waals surface area contributed by atoms with Gasteiger partial charge in [-0.05, 0) is 49.4 Å². The van der Waals surface area contributed by atoms with Crippen LogP contribution in [0.2, 0.25) is 0 Å². The third-order valence-corrected chi connectivity index (χ3v) is 5.65. The summed E-state index contributed by atoms with van der Waals surface area (Å²) in [5.74, 6) is 0.173. The number of fused-ring (bicyclic) bond motifs is 1. The third kappa shape index (κ3) is 3.72. The first-order valence-electron chi connectivity index (χ1n) is 9.66. The molecule has 0 aliphatic heterocycles. The van der Waals surface area contributed by atoms with Crippen molar-refractivity contribution in [1.29, 1.82) is 0 Å². The van der Waals surface area contributed by atoms with E-state index in [1.54, 1.807) is 18.5 Å². The van der Waals surface area contributed by atoms with Gasteiger partial charge in [0.25, 0.3) is 5.91 Å². The lowest BCUT2D eigenvalue weighted by molar-refractivity contribution is 0.0921. The average molecular weight is 365 g/mol. The number of carbonyl (C=O) groups is 1. The van der Waals surface area contributed by atoms with E-state index in [1.807, 2.05) is 12.1 Å². The van der Waals surface area contributed by atoms with Gasteiger partial charge in [0.05, 0.1) is 5.56 Å². The molecule has 1 amide bonds. The number of carbonyl (C=O) groups excluding carboxylic acids is 1. The van der Waals surface area contributed by atoms with Gasteiger partial charge in [0, 0.05) is 29.4 Å². The standard InChI is InChI=1S/C22H24FN3O/c1-14(15-6-3-2-4-7-15)26-22(27)20-13-25-21-19(20)11-17(12-24-21)16-8-5-9-18(23)10-16/h5,8-15H,2-4,6-7H2,1H3,(H,24,25)(H,26,27)/t14-/m0/s1. The number of H-pyrrole nitrogens is 1. The SMILES string of the molecule is C[C@H](NC(=O)c1c[nH]c2ncc(-c3cccc(F)c3)cc12)C1CCCCC1. The maximum Gasteiger partial charge on any atom is 0.253 e. The highest BCUT2D eigenvalue weighted by atomic mass is 19.1. The molecule has 0 spiro atoms. The lowest BCUT2D eigenvalue weighted by Gasteiger charge is -2.28. The molecule has 1 aliphatic rings. The van der Waals surface area contributed by atoms with Crippen molar-refractivity contribution in [3.05, 3.63) is 54.1 Å². The van der Waals surface area contributed by atoms with Crippen LogP contribution >= 0.6 is 0 Å². The number of benzene rings is 1. The van der Waals surface area contributed by atoms with E-state index in [0.717, 1.165) is 16.5 Å². The summed E-state index contributed by atoms with van der Waals surface area (Å²) in [6.07, 6.45) is 9.56. The maximum absolute atomic E-state index is 13.5. The molecule has 5 heteroatoms. The highest BCUT2D eigenvalue weighted by molar-refractivity contribution is 6.06. The van der Waals surface area contributed by atoms with Crippen molar-refractivity contribution in [2.24, 2.45) is 5.92 Å². The lowest BCUT2D eigenvalue weighted by Crippen LogP contribution is -2.38. The monoisotopic (exact) mass is 365 g/mol. The number of rotatable bonds is 4. The van der Waals surface area contributed by atoms with Crippen LogP contribution in [0.1, 0.15) is 49.4 Å². The predicted octanol–water partition coefficient (Wildman–Crippen LogP) is 5.07. The number of hydrogen-bond acceptors (Lipinski definition) is 2. The molecular weight excluding hydrogens is 341 g/mol. The van der Waals surface area contributed by atoms with Gasteiger partial charge in [-0.15, -0.1) is 0 Å². The average Bonchev–Trinajstić information content (AvgIpc) is 3.12. The Labute approximate surface area is 158 Å². The van der Waals surface area contributed by atoms with E-state index < -0.39 is 0 Å². The summed E-state index contributed by atoms with van der Waals surface area (Å²) in [4.78, 5) is 20.3. The van der Waals surface area contributed by atoms with Gasteiger partial charge < -0.3 is 10.3 Å². The van der Waals surface area contributed by atoms with Crippen molar-refractivity contribution in [1.82, 2.24) is 15.3 Å². The molecule has 3 aromatic rings. The zero-order valence-corrected chi connectivity index (χ0v) is 15.5. The van der Waals surface area contributed by atoms with Crippen molar-refractivity contribution in [2.45, 2.75) is 45.1 Å². The Morgan fingerprint density at radius 2 is 2.04 bits per heavy atom. The van der Waals surface area contributed by atoms with Gasteiger partial charge in [0.2, 0.25) is 0 Å². The zero-order chi connectivity index (χ0) is 18.8. The van der Waals surface area contributed by atoms with E-state index in [-0.39, 0.29) is 17.8 Å². The number of aromatic amines is 1. The molecule has 2 N–H and O–H groups in total. The van der Waals surface area contributed by atoms with Crippen molar-refractivity contribution < 1.29 is 9.18 Å². The molecule has 0 saturated heterocycles. The number of aromatic nitrogens is 2. The van der Waals surface area contributed by atoms with Crippen LogP contribution in [0.15, 0.2) is 42.7 Å². The van der Waals surface area contributed by atoms with Gasteiger partial charge in [0.15, 0.2) is 0 Å².